The number of hydrogen-bond acceptors (Lipinski definition) is 5. The molecule has 0 aliphatic heterocycles. The maximum atomic E-state index is 12.3. The van der Waals surface area contributed by atoms with Gasteiger partial charge in [-0.15, -0.1) is 0 Å². The standard InChI is InChI=1S/C13H13F3O5/c1-21-10(18)6-9(17)11(19)7-3-2-4-8(5-7)12(20)13(14,15)16/h2-5,9,11,17,19H,6H2,1H3. The van der Waals surface area contributed by atoms with E-state index in [1.54, 1.807) is 0 Å². The number of aliphatic hydroxyl groups is 2. The van der Waals surface area contributed by atoms with Gasteiger partial charge >= 0.3 is 12.1 Å². The number of ether oxygens (including phenoxy) is 1. The zero-order valence-electron chi connectivity index (χ0n) is 10.9. The molecule has 1 aromatic carbocycles. The van der Waals surface area contributed by atoms with Gasteiger partial charge in [-0.05, 0) is 11.6 Å². The van der Waals surface area contributed by atoms with Crippen molar-refractivity contribution in [1.29, 1.82) is 0 Å². The molecule has 0 aliphatic carbocycles. The zero-order valence-corrected chi connectivity index (χ0v) is 10.9. The first kappa shape index (κ1) is 17.1. The summed E-state index contributed by atoms with van der Waals surface area (Å²) in [4.78, 5) is 22.1. The Kier molecular flexibility index (Phi) is 5.45. The van der Waals surface area contributed by atoms with Crippen LogP contribution in [0.4, 0.5) is 13.2 Å². The summed E-state index contributed by atoms with van der Waals surface area (Å²) >= 11 is 0. The van der Waals surface area contributed by atoms with Gasteiger partial charge in [-0.1, -0.05) is 18.2 Å². The molecule has 0 saturated carbocycles. The van der Waals surface area contributed by atoms with E-state index in [-0.39, 0.29) is 5.56 Å². The van der Waals surface area contributed by atoms with E-state index in [0.29, 0.717) is 0 Å². The molecule has 0 fully saturated rings. The number of rotatable bonds is 5. The Bertz CT molecular complexity index is 527. The maximum absolute atomic E-state index is 12.3. The molecule has 0 aromatic heterocycles. The summed E-state index contributed by atoms with van der Waals surface area (Å²) in [5.41, 5.74) is -0.772. The second-order valence-electron chi connectivity index (χ2n) is 4.24. The summed E-state index contributed by atoms with van der Waals surface area (Å²) in [6, 6.07) is 4.14. The minimum absolute atomic E-state index is 0.110. The minimum atomic E-state index is -5.03. The van der Waals surface area contributed by atoms with Crippen LogP contribution in [0, 0.1) is 0 Å². The molecule has 116 valence electrons. The van der Waals surface area contributed by atoms with E-state index >= 15 is 0 Å². The van der Waals surface area contributed by atoms with Gasteiger partial charge in [0.05, 0.1) is 19.6 Å². The van der Waals surface area contributed by atoms with E-state index in [0.717, 1.165) is 25.3 Å². The first-order chi connectivity index (χ1) is 9.66. The van der Waals surface area contributed by atoms with Gasteiger partial charge in [-0.25, -0.2) is 0 Å². The number of esters is 1. The first-order valence-electron chi connectivity index (χ1n) is 5.81. The summed E-state index contributed by atoms with van der Waals surface area (Å²) in [6.45, 7) is 0. The molecule has 0 heterocycles. The van der Waals surface area contributed by atoms with Crippen molar-refractivity contribution in [3.63, 3.8) is 0 Å². The van der Waals surface area contributed by atoms with Gasteiger partial charge in [0.25, 0.3) is 5.78 Å². The normalized spacial score (nSPS) is 14.4. The number of benzene rings is 1. The van der Waals surface area contributed by atoms with Crippen molar-refractivity contribution in [1.82, 2.24) is 0 Å². The molecule has 8 heteroatoms. The smallest absolute Gasteiger partial charge is 0.454 e. The van der Waals surface area contributed by atoms with Crippen molar-refractivity contribution in [2.75, 3.05) is 7.11 Å². The van der Waals surface area contributed by atoms with Gasteiger partial charge in [0.2, 0.25) is 0 Å². The third-order valence-electron chi connectivity index (χ3n) is 2.72. The van der Waals surface area contributed by atoms with Crippen LogP contribution >= 0.6 is 0 Å². The van der Waals surface area contributed by atoms with Gasteiger partial charge in [-0.2, -0.15) is 13.2 Å². The Morgan fingerprint density at radius 1 is 1.29 bits per heavy atom. The number of ketones is 1. The van der Waals surface area contributed by atoms with Crippen LogP contribution < -0.4 is 0 Å². The molecule has 5 nitrogen and oxygen atoms in total. The molecule has 1 aromatic rings. The van der Waals surface area contributed by atoms with Crippen LogP contribution in [0.15, 0.2) is 24.3 Å². The second kappa shape index (κ2) is 6.68. The van der Waals surface area contributed by atoms with Crippen molar-refractivity contribution >= 4 is 11.8 Å². The van der Waals surface area contributed by atoms with Crippen LogP contribution in [0.25, 0.3) is 0 Å². The molecule has 21 heavy (non-hydrogen) atoms. The van der Waals surface area contributed by atoms with E-state index in [2.05, 4.69) is 4.74 Å². The first-order valence-corrected chi connectivity index (χ1v) is 5.81. The SMILES string of the molecule is COC(=O)CC(O)C(O)c1cccc(C(=O)C(F)(F)F)c1. The van der Waals surface area contributed by atoms with Crippen LogP contribution in [0.2, 0.25) is 0 Å². The highest BCUT2D eigenvalue weighted by Crippen LogP contribution is 2.25. The number of carbonyl (C=O) groups excluding carboxylic acids is 2. The van der Waals surface area contributed by atoms with Crippen molar-refractivity contribution in [3.8, 4) is 0 Å². The highest BCUT2D eigenvalue weighted by atomic mass is 19.4. The summed E-state index contributed by atoms with van der Waals surface area (Å²) in [7, 11) is 1.09. The Balaban J connectivity index is 2.94. The summed E-state index contributed by atoms with van der Waals surface area (Å²) < 4.78 is 41.3. The average Bonchev–Trinajstić information content (AvgIpc) is 2.44. The number of Topliss-reactive ketones (excluding diaryl/α,β-unsaturated/α-hetero) is 1. The summed E-state index contributed by atoms with van der Waals surface area (Å²) in [6.07, 6.45) is -8.75. The van der Waals surface area contributed by atoms with Crippen molar-refractivity contribution in [3.05, 3.63) is 35.4 Å². The van der Waals surface area contributed by atoms with Crippen LogP contribution in [0.1, 0.15) is 28.4 Å². The van der Waals surface area contributed by atoms with E-state index in [1.807, 2.05) is 0 Å². The summed E-state index contributed by atoms with van der Waals surface area (Å²) in [5, 5.41) is 19.4. The van der Waals surface area contributed by atoms with Crippen LogP contribution in [-0.4, -0.2) is 41.4 Å². The van der Waals surface area contributed by atoms with E-state index in [1.165, 1.54) is 6.07 Å². The fraction of sp³-hybridized carbons (Fsp3) is 0.385. The third-order valence-corrected chi connectivity index (χ3v) is 2.72. The predicted octanol–water partition coefficient (Wildman–Crippen LogP) is 1.39. The Hall–Kier alpha value is -1.93. The second-order valence-corrected chi connectivity index (χ2v) is 4.24. The highest BCUT2D eigenvalue weighted by molar-refractivity contribution is 6.00. The monoisotopic (exact) mass is 306 g/mol. The van der Waals surface area contributed by atoms with E-state index < -0.39 is 42.1 Å². The molecule has 0 bridgehead atoms. The molecule has 1 rings (SSSR count). The molecule has 0 spiro atoms. The number of carbonyl (C=O) groups is 2. The molecule has 0 aliphatic rings. The molecule has 2 N–H and O–H groups in total. The lowest BCUT2D eigenvalue weighted by molar-refractivity contribution is -0.144. The lowest BCUT2D eigenvalue weighted by Crippen LogP contribution is -2.24. The van der Waals surface area contributed by atoms with Crippen LogP contribution in [0.3, 0.4) is 0 Å². The number of aliphatic hydroxyl groups excluding tert-OH is 2. The molecule has 2 unspecified atom stereocenters. The van der Waals surface area contributed by atoms with Crippen molar-refractivity contribution in [2.24, 2.45) is 0 Å². The lowest BCUT2D eigenvalue weighted by atomic mass is 9.99. The third kappa shape index (κ3) is 4.54. The predicted molar refractivity (Wildman–Crippen MR) is 64.4 cm³/mol. The Labute approximate surface area is 118 Å². The fourth-order valence-corrected chi connectivity index (χ4v) is 1.62. The molecule has 0 saturated heterocycles. The van der Waals surface area contributed by atoms with Crippen LogP contribution in [0.5, 0.6) is 0 Å². The summed E-state index contributed by atoms with van der Waals surface area (Å²) in [5.74, 6) is -2.84. The molecular formula is C13H13F3O5. The molecule has 2 atom stereocenters. The van der Waals surface area contributed by atoms with E-state index in [4.69, 9.17) is 0 Å². The highest BCUT2D eigenvalue weighted by Gasteiger charge is 2.39. The number of halogens is 3. The van der Waals surface area contributed by atoms with Gasteiger partial charge in [0.1, 0.15) is 6.10 Å². The number of methoxy groups -OCH3 is 1. The van der Waals surface area contributed by atoms with Gasteiger partial charge in [-0.3, -0.25) is 9.59 Å². The topological polar surface area (TPSA) is 83.8 Å². The van der Waals surface area contributed by atoms with Crippen molar-refractivity contribution in [2.45, 2.75) is 24.8 Å². The van der Waals surface area contributed by atoms with Gasteiger partial charge in [0, 0.05) is 5.56 Å². The Morgan fingerprint density at radius 3 is 2.43 bits per heavy atom. The largest absolute Gasteiger partial charge is 0.469 e. The average molecular weight is 306 g/mol. The molecular weight excluding hydrogens is 293 g/mol. The number of alkyl halides is 3. The maximum Gasteiger partial charge on any atom is 0.454 e. The zero-order chi connectivity index (χ0) is 16.2. The minimum Gasteiger partial charge on any atom is -0.469 e. The number of hydrogen-bond donors (Lipinski definition) is 2. The van der Waals surface area contributed by atoms with Crippen molar-refractivity contribution < 1.29 is 37.7 Å². The Morgan fingerprint density at radius 2 is 1.90 bits per heavy atom. The van der Waals surface area contributed by atoms with E-state index in [9.17, 15) is 33.0 Å². The fourth-order valence-electron chi connectivity index (χ4n) is 1.62. The molecule has 0 radical (unpaired) electrons. The lowest BCUT2D eigenvalue weighted by Gasteiger charge is -2.17. The quantitative estimate of drug-likeness (QED) is 0.634. The van der Waals surface area contributed by atoms with Gasteiger partial charge < -0.3 is 14.9 Å². The molecule has 0 amide bonds. The van der Waals surface area contributed by atoms with Crippen LogP contribution in [-0.2, 0) is 9.53 Å². The van der Waals surface area contributed by atoms with Gasteiger partial charge in [0.15, 0.2) is 0 Å².